The molecule has 0 unspecified atom stereocenters. The number of carbonyl (C=O) groups is 1. The number of aliphatic hydroxyl groups is 1. The average Bonchev–Trinajstić information content (AvgIpc) is 2.52. The van der Waals surface area contributed by atoms with Gasteiger partial charge in [0, 0.05) is 24.4 Å². The highest BCUT2D eigenvalue weighted by Crippen LogP contribution is 2.12. The molecule has 0 heterocycles. The Kier molecular flexibility index (Phi) is 6.44. The van der Waals surface area contributed by atoms with Gasteiger partial charge in [-0.2, -0.15) is 0 Å². The van der Waals surface area contributed by atoms with Crippen LogP contribution in [-0.2, 0) is 17.6 Å². The Balaban J connectivity index is 1.69. The zero-order chi connectivity index (χ0) is 15.8. The summed E-state index contributed by atoms with van der Waals surface area (Å²) < 4.78 is 0. The fraction of sp³-hybridized carbons (Fsp3) is 0.278. The lowest BCUT2D eigenvalue weighted by molar-refractivity contribution is -0.121. The molecule has 0 radical (unpaired) electrons. The molecule has 0 aromatic heterocycles. The molecular weight excluding hydrogens is 298 g/mol. The van der Waals surface area contributed by atoms with Gasteiger partial charge >= 0.3 is 0 Å². The molecule has 2 rings (SSSR count). The van der Waals surface area contributed by atoms with Crippen LogP contribution in [0.5, 0.6) is 0 Å². The summed E-state index contributed by atoms with van der Waals surface area (Å²) in [6.45, 7) is 0.267. The van der Waals surface area contributed by atoms with E-state index >= 15 is 0 Å². The van der Waals surface area contributed by atoms with E-state index in [9.17, 15) is 9.90 Å². The van der Waals surface area contributed by atoms with Crippen molar-refractivity contribution in [2.24, 2.45) is 0 Å². The Hall–Kier alpha value is -1.84. The molecule has 1 amide bonds. The van der Waals surface area contributed by atoms with Crippen molar-refractivity contribution in [1.29, 1.82) is 0 Å². The molecular formula is C18H20ClNO2. The fourth-order valence-electron chi connectivity index (χ4n) is 2.23. The third-order valence-electron chi connectivity index (χ3n) is 3.38. The van der Waals surface area contributed by atoms with Gasteiger partial charge in [-0.25, -0.2) is 0 Å². The van der Waals surface area contributed by atoms with Gasteiger partial charge in [0.1, 0.15) is 0 Å². The molecule has 2 aromatic carbocycles. The molecule has 0 saturated carbocycles. The number of hydrogen-bond acceptors (Lipinski definition) is 2. The van der Waals surface area contributed by atoms with Gasteiger partial charge in [0.2, 0.25) is 5.91 Å². The van der Waals surface area contributed by atoms with Gasteiger partial charge in [0.05, 0.1) is 6.10 Å². The van der Waals surface area contributed by atoms with Crippen LogP contribution in [0.15, 0.2) is 54.6 Å². The highest BCUT2D eigenvalue weighted by Gasteiger charge is 2.08. The van der Waals surface area contributed by atoms with Crippen molar-refractivity contribution in [3.05, 3.63) is 70.7 Å². The summed E-state index contributed by atoms with van der Waals surface area (Å²) in [6.07, 6.45) is 0.993. The topological polar surface area (TPSA) is 49.3 Å². The first-order valence-corrected chi connectivity index (χ1v) is 7.74. The first-order valence-electron chi connectivity index (χ1n) is 7.36. The molecule has 2 N–H and O–H groups in total. The molecule has 2 aromatic rings. The largest absolute Gasteiger partial charge is 0.391 e. The lowest BCUT2D eigenvalue weighted by Gasteiger charge is -2.12. The van der Waals surface area contributed by atoms with Crippen molar-refractivity contribution < 1.29 is 9.90 Å². The monoisotopic (exact) mass is 317 g/mol. The van der Waals surface area contributed by atoms with Crippen LogP contribution in [0.4, 0.5) is 0 Å². The van der Waals surface area contributed by atoms with E-state index in [2.05, 4.69) is 5.32 Å². The highest BCUT2D eigenvalue weighted by atomic mass is 35.5. The van der Waals surface area contributed by atoms with Crippen LogP contribution in [0.2, 0.25) is 5.02 Å². The molecule has 4 heteroatoms. The highest BCUT2D eigenvalue weighted by molar-refractivity contribution is 6.30. The van der Waals surface area contributed by atoms with Crippen molar-refractivity contribution in [2.45, 2.75) is 25.4 Å². The second-order valence-electron chi connectivity index (χ2n) is 5.28. The number of nitrogens with one attached hydrogen (secondary N) is 1. The van der Waals surface area contributed by atoms with Crippen LogP contribution in [0.25, 0.3) is 0 Å². The summed E-state index contributed by atoms with van der Waals surface area (Å²) in [7, 11) is 0. The van der Waals surface area contributed by atoms with E-state index in [1.165, 1.54) is 0 Å². The second kappa shape index (κ2) is 8.57. The lowest BCUT2D eigenvalue weighted by atomic mass is 10.1. The number of amides is 1. The Morgan fingerprint density at radius 2 is 1.82 bits per heavy atom. The minimum absolute atomic E-state index is 0.0629. The van der Waals surface area contributed by atoms with Crippen LogP contribution < -0.4 is 5.32 Å². The van der Waals surface area contributed by atoms with E-state index in [0.717, 1.165) is 11.1 Å². The molecule has 22 heavy (non-hydrogen) atoms. The zero-order valence-corrected chi connectivity index (χ0v) is 13.1. The molecule has 0 saturated heterocycles. The van der Waals surface area contributed by atoms with E-state index in [1.54, 1.807) is 0 Å². The van der Waals surface area contributed by atoms with Gasteiger partial charge in [0.25, 0.3) is 0 Å². The van der Waals surface area contributed by atoms with Gasteiger partial charge in [-0.1, -0.05) is 54.1 Å². The SMILES string of the molecule is O=C(CCc1cccc(Cl)c1)NC[C@@H](O)Cc1ccccc1. The van der Waals surface area contributed by atoms with Gasteiger partial charge in [0.15, 0.2) is 0 Å². The summed E-state index contributed by atoms with van der Waals surface area (Å²) in [4.78, 5) is 11.8. The van der Waals surface area contributed by atoms with Crippen molar-refractivity contribution >= 4 is 17.5 Å². The Bertz CT molecular complexity index is 601. The number of aryl methyl sites for hydroxylation is 1. The molecule has 116 valence electrons. The molecule has 0 bridgehead atoms. The molecule has 0 spiro atoms. The lowest BCUT2D eigenvalue weighted by Crippen LogP contribution is -2.33. The van der Waals surface area contributed by atoms with Gasteiger partial charge in [-0.15, -0.1) is 0 Å². The smallest absolute Gasteiger partial charge is 0.220 e. The van der Waals surface area contributed by atoms with Gasteiger partial charge < -0.3 is 10.4 Å². The van der Waals surface area contributed by atoms with Crippen LogP contribution in [0, 0.1) is 0 Å². The number of aliphatic hydroxyl groups excluding tert-OH is 1. The standard InChI is InChI=1S/C18H20ClNO2/c19-16-8-4-7-15(11-16)9-10-18(22)20-13-17(21)12-14-5-2-1-3-6-14/h1-8,11,17,21H,9-10,12-13H2,(H,20,22)/t17-/m0/s1. The maximum Gasteiger partial charge on any atom is 0.220 e. The summed E-state index contributed by atoms with van der Waals surface area (Å²) >= 11 is 5.91. The Morgan fingerprint density at radius 1 is 1.09 bits per heavy atom. The number of benzene rings is 2. The van der Waals surface area contributed by atoms with Crippen molar-refractivity contribution in [2.75, 3.05) is 6.54 Å². The van der Waals surface area contributed by atoms with Gasteiger partial charge in [-0.05, 0) is 29.7 Å². The van der Waals surface area contributed by atoms with Crippen molar-refractivity contribution in [3.8, 4) is 0 Å². The van der Waals surface area contributed by atoms with Crippen LogP contribution in [0.3, 0.4) is 0 Å². The second-order valence-corrected chi connectivity index (χ2v) is 5.71. The summed E-state index contributed by atoms with van der Waals surface area (Å²) in [6, 6.07) is 17.2. The van der Waals surface area contributed by atoms with Crippen LogP contribution in [-0.4, -0.2) is 23.7 Å². The maximum absolute atomic E-state index is 11.8. The molecule has 0 fully saturated rings. The maximum atomic E-state index is 11.8. The van der Waals surface area contributed by atoms with Gasteiger partial charge in [-0.3, -0.25) is 4.79 Å². The summed E-state index contributed by atoms with van der Waals surface area (Å²) in [5.41, 5.74) is 2.09. The number of hydrogen-bond donors (Lipinski definition) is 2. The fourth-order valence-corrected chi connectivity index (χ4v) is 2.44. The number of halogens is 1. The molecule has 3 nitrogen and oxygen atoms in total. The van der Waals surface area contributed by atoms with Crippen molar-refractivity contribution in [1.82, 2.24) is 5.32 Å². The summed E-state index contributed by atoms with van der Waals surface area (Å²) in [5.74, 6) is -0.0629. The van der Waals surface area contributed by atoms with E-state index in [4.69, 9.17) is 11.6 Å². The minimum atomic E-state index is -0.572. The van der Waals surface area contributed by atoms with Crippen LogP contribution in [0.1, 0.15) is 17.5 Å². The molecule has 0 aliphatic heterocycles. The predicted molar refractivity (Wildman–Crippen MR) is 88.9 cm³/mol. The Labute approximate surface area is 135 Å². The third-order valence-corrected chi connectivity index (χ3v) is 3.61. The predicted octanol–water partition coefficient (Wildman–Crippen LogP) is 2.99. The van der Waals surface area contributed by atoms with E-state index < -0.39 is 6.10 Å². The van der Waals surface area contributed by atoms with E-state index in [1.807, 2.05) is 54.6 Å². The first kappa shape index (κ1) is 16.5. The van der Waals surface area contributed by atoms with E-state index in [0.29, 0.717) is 24.3 Å². The average molecular weight is 318 g/mol. The molecule has 1 atom stereocenters. The van der Waals surface area contributed by atoms with E-state index in [-0.39, 0.29) is 12.5 Å². The molecule has 0 aliphatic carbocycles. The first-order chi connectivity index (χ1) is 10.6. The quantitative estimate of drug-likeness (QED) is 0.825. The normalized spacial score (nSPS) is 11.9. The third kappa shape index (κ3) is 5.88. The number of rotatable bonds is 7. The molecule has 0 aliphatic rings. The van der Waals surface area contributed by atoms with Crippen LogP contribution >= 0.6 is 11.6 Å². The number of carbonyl (C=O) groups excluding carboxylic acids is 1. The van der Waals surface area contributed by atoms with Crippen molar-refractivity contribution in [3.63, 3.8) is 0 Å². The summed E-state index contributed by atoms with van der Waals surface area (Å²) in [5, 5.41) is 13.4. The zero-order valence-electron chi connectivity index (χ0n) is 12.3. The minimum Gasteiger partial charge on any atom is -0.391 e. The Morgan fingerprint density at radius 3 is 2.55 bits per heavy atom.